The molecule has 0 bridgehead atoms. The minimum atomic E-state index is -0.00537. The van der Waals surface area contributed by atoms with Crippen LogP contribution in [0.1, 0.15) is 34.4 Å². The van der Waals surface area contributed by atoms with Crippen LogP contribution in [0.3, 0.4) is 0 Å². The molecule has 3 heteroatoms. The lowest BCUT2D eigenvalue weighted by molar-refractivity contribution is 0.0700. The summed E-state index contributed by atoms with van der Waals surface area (Å²) < 4.78 is 5.54. The first kappa shape index (κ1) is 12.0. The van der Waals surface area contributed by atoms with Crippen LogP contribution in [0.25, 0.3) is 0 Å². The summed E-state index contributed by atoms with van der Waals surface area (Å²) in [5.41, 5.74) is 2.59. The third kappa shape index (κ3) is 2.28. The molecule has 2 heterocycles. The molecule has 0 N–H and O–H groups in total. The van der Waals surface area contributed by atoms with Gasteiger partial charge in [-0.1, -0.05) is 31.2 Å². The zero-order valence-corrected chi connectivity index (χ0v) is 11.1. The molecule has 3 nitrogen and oxygen atoms in total. The smallest absolute Gasteiger partial charge is 0.289 e. The van der Waals surface area contributed by atoms with E-state index in [0.717, 1.165) is 25.1 Å². The van der Waals surface area contributed by atoms with Crippen molar-refractivity contribution >= 4 is 5.91 Å². The summed E-state index contributed by atoms with van der Waals surface area (Å²) in [7, 11) is 0. The van der Waals surface area contributed by atoms with Crippen LogP contribution in [0.4, 0.5) is 0 Å². The second-order valence-electron chi connectivity index (χ2n) is 4.86. The molecular weight excluding hydrogens is 238 g/mol. The summed E-state index contributed by atoms with van der Waals surface area (Å²) in [6.07, 6.45) is 1.74. The molecule has 0 unspecified atom stereocenters. The van der Waals surface area contributed by atoms with Gasteiger partial charge < -0.3 is 9.32 Å². The minimum Gasteiger partial charge on any atom is -0.456 e. The number of rotatable bonds is 2. The van der Waals surface area contributed by atoms with Gasteiger partial charge >= 0.3 is 0 Å². The Bertz CT molecular complexity index is 600. The highest BCUT2D eigenvalue weighted by atomic mass is 16.4. The SMILES string of the molecule is CCc1ccc(C(=O)N2CCc3ccccc3C2)o1. The Kier molecular flexibility index (Phi) is 3.11. The van der Waals surface area contributed by atoms with Crippen molar-refractivity contribution in [3.05, 3.63) is 59.0 Å². The van der Waals surface area contributed by atoms with E-state index in [1.54, 1.807) is 6.07 Å². The van der Waals surface area contributed by atoms with Crippen LogP contribution in [-0.4, -0.2) is 17.4 Å². The Hall–Kier alpha value is -2.03. The summed E-state index contributed by atoms with van der Waals surface area (Å²) in [6.45, 7) is 3.46. The first-order valence-corrected chi connectivity index (χ1v) is 6.72. The van der Waals surface area contributed by atoms with E-state index in [1.165, 1.54) is 11.1 Å². The average Bonchev–Trinajstić information content (AvgIpc) is 2.95. The maximum Gasteiger partial charge on any atom is 0.289 e. The molecule has 0 spiro atoms. The number of carbonyl (C=O) groups excluding carboxylic acids is 1. The van der Waals surface area contributed by atoms with Gasteiger partial charge in [0.15, 0.2) is 5.76 Å². The number of nitrogens with zero attached hydrogens (tertiary/aromatic N) is 1. The third-order valence-electron chi connectivity index (χ3n) is 3.64. The van der Waals surface area contributed by atoms with Crippen molar-refractivity contribution in [2.24, 2.45) is 0 Å². The molecule has 0 atom stereocenters. The van der Waals surface area contributed by atoms with Crippen LogP contribution in [0.15, 0.2) is 40.8 Å². The third-order valence-corrected chi connectivity index (χ3v) is 3.64. The van der Waals surface area contributed by atoms with Crippen molar-refractivity contribution in [3.8, 4) is 0 Å². The number of fused-ring (bicyclic) bond motifs is 1. The van der Waals surface area contributed by atoms with Crippen LogP contribution in [0.5, 0.6) is 0 Å². The first-order valence-electron chi connectivity index (χ1n) is 6.72. The monoisotopic (exact) mass is 255 g/mol. The van der Waals surface area contributed by atoms with Gasteiger partial charge in [0.1, 0.15) is 5.76 Å². The predicted molar refractivity (Wildman–Crippen MR) is 73.0 cm³/mol. The first-order chi connectivity index (χ1) is 9.28. The largest absolute Gasteiger partial charge is 0.456 e. The average molecular weight is 255 g/mol. The Morgan fingerprint density at radius 3 is 2.74 bits per heavy atom. The Morgan fingerprint density at radius 1 is 1.21 bits per heavy atom. The Balaban J connectivity index is 1.79. The van der Waals surface area contributed by atoms with Gasteiger partial charge in [-0.15, -0.1) is 0 Å². The topological polar surface area (TPSA) is 33.5 Å². The zero-order chi connectivity index (χ0) is 13.2. The highest BCUT2D eigenvalue weighted by Gasteiger charge is 2.23. The van der Waals surface area contributed by atoms with E-state index in [1.807, 2.05) is 24.0 Å². The standard InChI is InChI=1S/C16H17NO2/c1-2-14-7-8-15(19-14)16(18)17-10-9-12-5-3-4-6-13(12)11-17/h3-8H,2,9-11H2,1H3. The maximum absolute atomic E-state index is 12.4. The molecule has 0 aliphatic carbocycles. The molecule has 1 aromatic heterocycles. The molecule has 1 aromatic carbocycles. The van der Waals surface area contributed by atoms with Crippen molar-refractivity contribution in [2.45, 2.75) is 26.3 Å². The predicted octanol–water partition coefficient (Wildman–Crippen LogP) is 3.04. The molecule has 1 aliphatic heterocycles. The van der Waals surface area contributed by atoms with Crippen molar-refractivity contribution in [3.63, 3.8) is 0 Å². The zero-order valence-electron chi connectivity index (χ0n) is 11.1. The van der Waals surface area contributed by atoms with Gasteiger partial charge in [0, 0.05) is 19.5 Å². The lowest BCUT2D eigenvalue weighted by Gasteiger charge is -2.28. The van der Waals surface area contributed by atoms with Crippen LogP contribution in [0.2, 0.25) is 0 Å². The number of carbonyl (C=O) groups is 1. The molecule has 2 aromatic rings. The molecule has 0 saturated heterocycles. The molecule has 0 radical (unpaired) electrons. The second-order valence-corrected chi connectivity index (χ2v) is 4.86. The molecule has 1 aliphatic rings. The minimum absolute atomic E-state index is 0.00537. The highest BCUT2D eigenvalue weighted by Crippen LogP contribution is 2.21. The molecular formula is C16H17NO2. The number of benzene rings is 1. The van der Waals surface area contributed by atoms with Crippen molar-refractivity contribution in [1.29, 1.82) is 0 Å². The lowest BCUT2D eigenvalue weighted by atomic mass is 10.00. The van der Waals surface area contributed by atoms with E-state index < -0.39 is 0 Å². The number of furan rings is 1. The summed E-state index contributed by atoms with van der Waals surface area (Å²) in [6, 6.07) is 12.0. The molecule has 0 fully saturated rings. The number of hydrogen-bond acceptors (Lipinski definition) is 2. The van der Waals surface area contributed by atoms with Gasteiger partial charge in [0.2, 0.25) is 0 Å². The fraction of sp³-hybridized carbons (Fsp3) is 0.312. The second kappa shape index (κ2) is 4.92. The van der Waals surface area contributed by atoms with Gasteiger partial charge in [0.25, 0.3) is 5.91 Å². The van der Waals surface area contributed by atoms with Gasteiger partial charge in [0.05, 0.1) is 0 Å². The molecule has 19 heavy (non-hydrogen) atoms. The highest BCUT2D eigenvalue weighted by molar-refractivity contribution is 5.91. The van der Waals surface area contributed by atoms with E-state index in [-0.39, 0.29) is 5.91 Å². The fourth-order valence-electron chi connectivity index (χ4n) is 2.51. The summed E-state index contributed by atoms with van der Waals surface area (Å²) >= 11 is 0. The van der Waals surface area contributed by atoms with Gasteiger partial charge in [-0.2, -0.15) is 0 Å². The lowest BCUT2D eigenvalue weighted by Crippen LogP contribution is -2.35. The van der Waals surface area contributed by atoms with Gasteiger partial charge in [-0.3, -0.25) is 4.79 Å². The Morgan fingerprint density at radius 2 is 2.00 bits per heavy atom. The number of hydrogen-bond donors (Lipinski definition) is 0. The number of aryl methyl sites for hydroxylation is 1. The number of amides is 1. The van der Waals surface area contributed by atoms with Crippen LogP contribution in [-0.2, 0) is 19.4 Å². The maximum atomic E-state index is 12.4. The normalized spacial score (nSPS) is 14.3. The van der Waals surface area contributed by atoms with E-state index in [4.69, 9.17) is 4.42 Å². The molecule has 1 amide bonds. The van der Waals surface area contributed by atoms with Crippen LogP contribution in [0, 0.1) is 0 Å². The van der Waals surface area contributed by atoms with Crippen LogP contribution >= 0.6 is 0 Å². The van der Waals surface area contributed by atoms with E-state index >= 15 is 0 Å². The fourth-order valence-corrected chi connectivity index (χ4v) is 2.51. The molecule has 0 saturated carbocycles. The Labute approximate surface area is 112 Å². The summed E-state index contributed by atoms with van der Waals surface area (Å²) in [4.78, 5) is 14.2. The van der Waals surface area contributed by atoms with E-state index in [9.17, 15) is 4.79 Å². The van der Waals surface area contributed by atoms with Crippen molar-refractivity contribution < 1.29 is 9.21 Å². The van der Waals surface area contributed by atoms with Gasteiger partial charge in [-0.25, -0.2) is 0 Å². The van der Waals surface area contributed by atoms with Gasteiger partial charge in [-0.05, 0) is 29.7 Å². The summed E-state index contributed by atoms with van der Waals surface area (Å²) in [5.74, 6) is 1.31. The quantitative estimate of drug-likeness (QED) is 0.826. The van der Waals surface area contributed by atoms with E-state index in [0.29, 0.717) is 12.3 Å². The van der Waals surface area contributed by atoms with E-state index in [2.05, 4.69) is 18.2 Å². The summed E-state index contributed by atoms with van der Waals surface area (Å²) in [5, 5.41) is 0. The van der Waals surface area contributed by atoms with Crippen molar-refractivity contribution in [2.75, 3.05) is 6.54 Å². The molecule has 3 rings (SSSR count). The molecule has 98 valence electrons. The van der Waals surface area contributed by atoms with Crippen LogP contribution < -0.4 is 0 Å². The van der Waals surface area contributed by atoms with Crippen molar-refractivity contribution in [1.82, 2.24) is 4.90 Å².